The van der Waals surface area contributed by atoms with Crippen LogP contribution in [0.15, 0.2) is 36.7 Å². The standard InChI is InChI=1S/C22H26N6O2/c1-3-14-8-17(11-24-20(14)23)26-21(29)22(30)28-12-13(2)4-7-19(28)15-5-6-16-10-25-27-18(16)9-15/h5-6,8-11,13,19H,3-4,7,12H2,1-2H3,(H2,23,24)(H,25,27)(H,26,29)/t13-,19+/m0/s1. The number of carbonyl (C=O) groups is 2. The molecule has 156 valence electrons. The Morgan fingerprint density at radius 3 is 2.90 bits per heavy atom. The van der Waals surface area contributed by atoms with Gasteiger partial charge in [0, 0.05) is 11.9 Å². The first-order valence-corrected chi connectivity index (χ1v) is 10.3. The van der Waals surface area contributed by atoms with E-state index in [1.54, 1.807) is 17.2 Å². The summed E-state index contributed by atoms with van der Waals surface area (Å²) < 4.78 is 0. The normalized spacial score (nSPS) is 19.1. The molecule has 1 aromatic carbocycles. The minimum atomic E-state index is -0.662. The van der Waals surface area contributed by atoms with E-state index in [9.17, 15) is 9.59 Å². The third-order valence-corrected chi connectivity index (χ3v) is 5.76. The molecule has 4 rings (SSSR count). The van der Waals surface area contributed by atoms with Crippen LogP contribution in [-0.2, 0) is 16.0 Å². The van der Waals surface area contributed by atoms with Gasteiger partial charge in [-0.05, 0) is 48.4 Å². The van der Waals surface area contributed by atoms with Crippen molar-refractivity contribution in [1.82, 2.24) is 20.1 Å². The van der Waals surface area contributed by atoms with Crippen molar-refractivity contribution in [2.24, 2.45) is 5.92 Å². The SMILES string of the molecule is CCc1cc(NC(=O)C(=O)N2C[C@@H](C)CC[C@@H]2c2ccc3cn[nH]c3c2)cnc1N. The number of aromatic amines is 1. The van der Waals surface area contributed by atoms with E-state index in [4.69, 9.17) is 5.73 Å². The molecule has 0 bridgehead atoms. The van der Waals surface area contributed by atoms with Gasteiger partial charge in [0.25, 0.3) is 0 Å². The van der Waals surface area contributed by atoms with Crippen molar-refractivity contribution in [3.05, 3.63) is 47.8 Å². The zero-order valence-corrected chi connectivity index (χ0v) is 17.2. The first-order valence-electron chi connectivity index (χ1n) is 10.3. The van der Waals surface area contributed by atoms with Gasteiger partial charge in [-0.25, -0.2) is 4.98 Å². The number of likely N-dealkylation sites (tertiary alicyclic amines) is 1. The number of nitrogen functional groups attached to an aromatic ring is 1. The Balaban J connectivity index is 1.56. The van der Waals surface area contributed by atoms with Crippen molar-refractivity contribution in [2.45, 2.75) is 39.2 Å². The molecule has 8 nitrogen and oxygen atoms in total. The maximum atomic E-state index is 13.1. The summed E-state index contributed by atoms with van der Waals surface area (Å²) in [6.45, 7) is 4.60. The van der Waals surface area contributed by atoms with Crippen molar-refractivity contribution in [2.75, 3.05) is 17.6 Å². The second-order valence-corrected chi connectivity index (χ2v) is 7.95. The number of amides is 2. The van der Waals surface area contributed by atoms with Crippen LogP contribution in [0.5, 0.6) is 0 Å². The van der Waals surface area contributed by atoms with Crippen LogP contribution in [0.1, 0.15) is 43.9 Å². The molecule has 0 radical (unpaired) electrons. The number of nitrogens with one attached hydrogen (secondary N) is 2. The van der Waals surface area contributed by atoms with Gasteiger partial charge in [0.2, 0.25) is 0 Å². The van der Waals surface area contributed by atoms with Gasteiger partial charge in [0.15, 0.2) is 0 Å². The van der Waals surface area contributed by atoms with Crippen LogP contribution in [0.25, 0.3) is 10.9 Å². The molecule has 0 unspecified atom stereocenters. The first-order chi connectivity index (χ1) is 14.5. The maximum absolute atomic E-state index is 13.1. The summed E-state index contributed by atoms with van der Waals surface area (Å²) in [6.07, 6.45) is 5.74. The molecule has 2 atom stereocenters. The molecular formula is C22H26N6O2. The van der Waals surface area contributed by atoms with Crippen LogP contribution in [0, 0.1) is 5.92 Å². The molecule has 2 aromatic heterocycles. The Hall–Kier alpha value is -3.42. The lowest BCUT2D eigenvalue weighted by molar-refractivity contribution is -0.146. The quantitative estimate of drug-likeness (QED) is 0.578. The number of piperidine rings is 1. The van der Waals surface area contributed by atoms with Crippen molar-refractivity contribution in [3.8, 4) is 0 Å². The van der Waals surface area contributed by atoms with Gasteiger partial charge in [-0.15, -0.1) is 0 Å². The Labute approximate surface area is 174 Å². The molecule has 4 N–H and O–H groups in total. The summed E-state index contributed by atoms with van der Waals surface area (Å²) >= 11 is 0. The highest BCUT2D eigenvalue weighted by Gasteiger charge is 2.34. The van der Waals surface area contributed by atoms with Gasteiger partial charge in [0.1, 0.15) is 5.82 Å². The molecule has 1 aliphatic heterocycles. The molecular weight excluding hydrogens is 380 g/mol. The molecule has 0 aliphatic carbocycles. The predicted octanol–water partition coefficient (Wildman–Crippen LogP) is 3.04. The second kappa shape index (κ2) is 8.14. The Morgan fingerprint density at radius 2 is 2.10 bits per heavy atom. The summed E-state index contributed by atoms with van der Waals surface area (Å²) in [5.41, 5.74) is 9.06. The molecule has 3 heterocycles. The number of anilines is 2. The zero-order chi connectivity index (χ0) is 21.3. The molecule has 1 aliphatic rings. The van der Waals surface area contributed by atoms with Crippen LogP contribution >= 0.6 is 0 Å². The van der Waals surface area contributed by atoms with Crippen molar-refractivity contribution in [3.63, 3.8) is 0 Å². The van der Waals surface area contributed by atoms with E-state index in [-0.39, 0.29) is 6.04 Å². The van der Waals surface area contributed by atoms with E-state index >= 15 is 0 Å². The number of H-pyrrole nitrogens is 1. The summed E-state index contributed by atoms with van der Waals surface area (Å²) in [7, 11) is 0. The average molecular weight is 406 g/mol. The van der Waals surface area contributed by atoms with E-state index in [1.165, 1.54) is 6.20 Å². The fourth-order valence-corrected chi connectivity index (χ4v) is 4.07. The molecule has 1 fully saturated rings. The number of nitrogens with two attached hydrogens (primary N) is 1. The van der Waals surface area contributed by atoms with Gasteiger partial charge in [-0.2, -0.15) is 5.10 Å². The number of carbonyl (C=O) groups excluding carboxylic acids is 2. The summed E-state index contributed by atoms with van der Waals surface area (Å²) in [6, 6.07) is 7.62. The predicted molar refractivity (Wildman–Crippen MR) is 116 cm³/mol. The maximum Gasteiger partial charge on any atom is 0.313 e. The van der Waals surface area contributed by atoms with E-state index in [2.05, 4.69) is 27.4 Å². The van der Waals surface area contributed by atoms with Gasteiger partial charge < -0.3 is 16.0 Å². The number of nitrogens with zero attached hydrogens (tertiary/aromatic N) is 3. The summed E-state index contributed by atoms with van der Waals surface area (Å²) in [5.74, 6) is -0.434. The summed E-state index contributed by atoms with van der Waals surface area (Å²) in [4.78, 5) is 31.7. The van der Waals surface area contributed by atoms with E-state index in [0.29, 0.717) is 30.4 Å². The zero-order valence-electron chi connectivity index (χ0n) is 17.2. The Morgan fingerprint density at radius 1 is 1.27 bits per heavy atom. The molecule has 1 saturated heterocycles. The fourth-order valence-electron chi connectivity index (χ4n) is 4.07. The lowest BCUT2D eigenvalue weighted by Gasteiger charge is -2.38. The van der Waals surface area contributed by atoms with Gasteiger partial charge >= 0.3 is 11.8 Å². The van der Waals surface area contributed by atoms with E-state index < -0.39 is 11.8 Å². The number of rotatable bonds is 3. The lowest BCUT2D eigenvalue weighted by atomic mass is 9.89. The smallest absolute Gasteiger partial charge is 0.313 e. The van der Waals surface area contributed by atoms with Crippen LogP contribution in [0.3, 0.4) is 0 Å². The molecule has 30 heavy (non-hydrogen) atoms. The Bertz CT molecular complexity index is 1090. The number of aryl methyl sites for hydroxylation is 1. The van der Waals surface area contributed by atoms with Gasteiger partial charge in [0.05, 0.1) is 29.6 Å². The Kier molecular flexibility index (Phi) is 5.39. The average Bonchev–Trinajstić information content (AvgIpc) is 3.22. The van der Waals surface area contributed by atoms with E-state index in [1.807, 2.05) is 25.1 Å². The highest BCUT2D eigenvalue weighted by atomic mass is 16.2. The molecule has 2 amide bonds. The van der Waals surface area contributed by atoms with Gasteiger partial charge in [-0.1, -0.05) is 26.0 Å². The second-order valence-electron chi connectivity index (χ2n) is 7.95. The molecule has 8 heteroatoms. The topological polar surface area (TPSA) is 117 Å². The number of aromatic nitrogens is 3. The van der Waals surface area contributed by atoms with Crippen molar-refractivity contribution >= 4 is 34.2 Å². The largest absolute Gasteiger partial charge is 0.383 e. The first kappa shape index (κ1) is 19.9. The van der Waals surface area contributed by atoms with E-state index in [0.717, 1.165) is 34.9 Å². The number of hydrogen-bond acceptors (Lipinski definition) is 5. The molecule has 0 spiro atoms. The number of pyridine rings is 1. The minimum Gasteiger partial charge on any atom is -0.383 e. The number of fused-ring (bicyclic) bond motifs is 1. The summed E-state index contributed by atoms with van der Waals surface area (Å²) in [5, 5.41) is 10.7. The number of hydrogen-bond donors (Lipinski definition) is 3. The molecule has 3 aromatic rings. The van der Waals surface area contributed by atoms with Crippen molar-refractivity contribution in [1.29, 1.82) is 0 Å². The van der Waals surface area contributed by atoms with Crippen LogP contribution in [-0.4, -0.2) is 38.4 Å². The molecule has 0 saturated carbocycles. The number of benzene rings is 1. The van der Waals surface area contributed by atoms with Crippen LogP contribution < -0.4 is 11.1 Å². The highest BCUT2D eigenvalue weighted by molar-refractivity contribution is 6.39. The van der Waals surface area contributed by atoms with Crippen LogP contribution in [0.2, 0.25) is 0 Å². The third-order valence-electron chi connectivity index (χ3n) is 5.76. The minimum absolute atomic E-state index is 0.150. The monoisotopic (exact) mass is 406 g/mol. The highest BCUT2D eigenvalue weighted by Crippen LogP contribution is 2.34. The fraction of sp³-hybridized carbons (Fsp3) is 0.364. The van der Waals surface area contributed by atoms with Crippen molar-refractivity contribution < 1.29 is 9.59 Å². The van der Waals surface area contributed by atoms with Crippen LogP contribution in [0.4, 0.5) is 11.5 Å². The van der Waals surface area contributed by atoms with Gasteiger partial charge in [-0.3, -0.25) is 14.7 Å². The third kappa shape index (κ3) is 3.85. The lowest BCUT2D eigenvalue weighted by Crippen LogP contribution is -2.46.